The summed E-state index contributed by atoms with van der Waals surface area (Å²) in [6.45, 7) is 5.60. The van der Waals surface area contributed by atoms with Crippen molar-refractivity contribution in [3.63, 3.8) is 0 Å². The van der Waals surface area contributed by atoms with Crippen LogP contribution >= 0.6 is 0 Å². The average Bonchev–Trinajstić information content (AvgIpc) is 3.26. The van der Waals surface area contributed by atoms with Gasteiger partial charge in [-0.25, -0.2) is 14.8 Å². The average molecular weight is 407 g/mol. The molecule has 1 unspecified atom stereocenters. The number of carbonyl (C=O) groups excluding carboxylic acids is 1. The number of rotatable bonds is 5. The van der Waals surface area contributed by atoms with Gasteiger partial charge >= 0.3 is 6.03 Å². The molecule has 0 spiro atoms. The van der Waals surface area contributed by atoms with Crippen LogP contribution in [-0.4, -0.2) is 45.3 Å². The zero-order valence-corrected chi connectivity index (χ0v) is 17.1. The number of urea groups is 1. The summed E-state index contributed by atoms with van der Waals surface area (Å²) < 4.78 is 5.30. The van der Waals surface area contributed by atoms with Crippen LogP contribution in [0.25, 0.3) is 11.5 Å². The molecule has 1 aliphatic heterocycles. The molecule has 1 fully saturated rings. The van der Waals surface area contributed by atoms with Crippen molar-refractivity contribution in [2.45, 2.75) is 38.6 Å². The molecule has 3 aromatic rings. The fourth-order valence-corrected chi connectivity index (χ4v) is 3.37. The second-order valence-electron chi connectivity index (χ2n) is 7.62. The maximum Gasteiger partial charge on any atom is 0.319 e. The zero-order chi connectivity index (χ0) is 20.9. The Balaban J connectivity index is 1.32. The monoisotopic (exact) mass is 407 g/mol. The van der Waals surface area contributed by atoms with Gasteiger partial charge in [-0.3, -0.25) is 0 Å². The van der Waals surface area contributed by atoms with Gasteiger partial charge in [0.25, 0.3) is 5.89 Å². The summed E-state index contributed by atoms with van der Waals surface area (Å²) in [4.78, 5) is 27.5. The van der Waals surface area contributed by atoms with Crippen LogP contribution in [0.4, 0.5) is 16.4 Å². The van der Waals surface area contributed by atoms with Crippen LogP contribution in [0.2, 0.25) is 0 Å². The Kier molecular flexibility index (Phi) is 5.87. The third kappa shape index (κ3) is 4.73. The van der Waals surface area contributed by atoms with E-state index in [1.165, 1.54) is 0 Å². The number of carbonyl (C=O) groups is 1. The molecule has 1 saturated heterocycles. The highest BCUT2D eigenvalue weighted by atomic mass is 16.5. The molecular weight excluding hydrogens is 382 g/mol. The first-order chi connectivity index (χ1) is 14.6. The Hall–Kier alpha value is -3.49. The molecule has 156 valence electrons. The molecule has 2 amide bonds. The predicted molar refractivity (Wildman–Crippen MR) is 113 cm³/mol. The maximum atomic E-state index is 12.4. The molecule has 1 aliphatic rings. The first kappa shape index (κ1) is 19.8. The minimum atomic E-state index is -0.233. The molecule has 0 radical (unpaired) electrons. The van der Waals surface area contributed by atoms with Gasteiger partial charge in [0.2, 0.25) is 5.95 Å². The molecule has 2 N–H and O–H groups in total. The molecule has 30 heavy (non-hydrogen) atoms. The molecule has 2 aromatic heterocycles. The van der Waals surface area contributed by atoms with E-state index in [-0.39, 0.29) is 18.0 Å². The van der Waals surface area contributed by atoms with Crippen molar-refractivity contribution in [3.8, 4) is 11.5 Å². The molecule has 9 nitrogen and oxygen atoms in total. The van der Waals surface area contributed by atoms with Crippen molar-refractivity contribution < 1.29 is 9.32 Å². The van der Waals surface area contributed by atoms with E-state index in [4.69, 9.17) is 4.52 Å². The second kappa shape index (κ2) is 8.89. The fourth-order valence-electron chi connectivity index (χ4n) is 3.37. The van der Waals surface area contributed by atoms with E-state index in [0.717, 1.165) is 24.9 Å². The predicted octanol–water partition coefficient (Wildman–Crippen LogP) is 3.44. The van der Waals surface area contributed by atoms with E-state index in [0.29, 0.717) is 29.9 Å². The van der Waals surface area contributed by atoms with Crippen molar-refractivity contribution in [2.75, 3.05) is 23.3 Å². The van der Waals surface area contributed by atoms with Crippen LogP contribution in [0.1, 0.15) is 38.4 Å². The minimum Gasteiger partial charge on any atom is -0.339 e. The van der Waals surface area contributed by atoms with E-state index in [1.807, 2.05) is 38.1 Å². The van der Waals surface area contributed by atoms with E-state index in [9.17, 15) is 4.79 Å². The number of hydrogen-bond acceptors (Lipinski definition) is 7. The molecular formula is C21H25N7O2. The summed E-state index contributed by atoms with van der Waals surface area (Å²) in [5.41, 5.74) is 1.50. The van der Waals surface area contributed by atoms with E-state index < -0.39 is 0 Å². The number of nitrogens with zero attached hydrogens (tertiary/aromatic N) is 5. The van der Waals surface area contributed by atoms with Crippen molar-refractivity contribution in [1.29, 1.82) is 0 Å². The standard InChI is InChI=1S/C21H25N7O2/c1-14(2)18-26-19(30-27-18)15-6-8-16(9-7-15)24-21(29)25-17-5-3-12-28(13-17)20-22-10-4-11-23-20/h4,6-11,14,17H,3,5,12-13H2,1-2H3,(H2,24,25,29). The highest BCUT2D eigenvalue weighted by Gasteiger charge is 2.23. The lowest BCUT2D eigenvalue weighted by Crippen LogP contribution is -2.49. The number of anilines is 2. The highest BCUT2D eigenvalue weighted by Crippen LogP contribution is 2.22. The van der Waals surface area contributed by atoms with E-state index in [1.54, 1.807) is 18.5 Å². The summed E-state index contributed by atoms with van der Waals surface area (Å²) in [5.74, 6) is 2.05. The second-order valence-corrected chi connectivity index (χ2v) is 7.62. The topological polar surface area (TPSA) is 109 Å². The van der Waals surface area contributed by atoms with Crippen LogP contribution in [0.15, 0.2) is 47.2 Å². The molecule has 3 heterocycles. The van der Waals surface area contributed by atoms with Gasteiger partial charge in [-0.15, -0.1) is 0 Å². The summed E-state index contributed by atoms with van der Waals surface area (Å²) in [6, 6.07) is 8.94. The lowest BCUT2D eigenvalue weighted by atomic mass is 10.1. The van der Waals surface area contributed by atoms with Gasteiger partial charge < -0.3 is 20.1 Å². The van der Waals surface area contributed by atoms with E-state index >= 15 is 0 Å². The first-order valence-corrected chi connectivity index (χ1v) is 10.1. The minimum absolute atomic E-state index is 0.0367. The Morgan fingerprint density at radius 3 is 2.67 bits per heavy atom. The Bertz CT molecular complexity index is 973. The smallest absolute Gasteiger partial charge is 0.319 e. The number of aromatic nitrogens is 4. The third-order valence-electron chi connectivity index (χ3n) is 4.94. The first-order valence-electron chi connectivity index (χ1n) is 10.1. The molecule has 1 aromatic carbocycles. The largest absolute Gasteiger partial charge is 0.339 e. The van der Waals surface area contributed by atoms with Gasteiger partial charge in [-0.1, -0.05) is 19.0 Å². The van der Waals surface area contributed by atoms with Gasteiger partial charge in [0.05, 0.1) is 0 Å². The highest BCUT2D eigenvalue weighted by molar-refractivity contribution is 5.89. The van der Waals surface area contributed by atoms with Crippen LogP contribution in [0.3, 0.4) is 0 Å². The summed E-state index contributed by atoms with van der Waals surface area (Å²) >= 11 is 0. The van der Waals surface area contributed by atoms with Gasteiger partial charge in [0.1, 0.15) is 0 Å². The fraction of sp³-hybridized carbons (Fsp3) is 0.381. The van der Waals surface area contributed by atoms with Crippen LogP contribution in [-0.2, 0) is 0 Å². The number of nitrogens with one attached hydrogen (secondary N) is 2. The van der Waals surface area contributed by atoms with Gasteiger partial charge in [0.15, 0.2) is 5.82 Å². The van der Waals surface area contributed by atoms with Crippen molar-refractivity contribution in [1.82, 2.24) is 25.4 Å². The quantitative estimate of drug-likeness (QED) is 0.667. The summed E-state index contributed by atoms with van der Waals surface area (Å²) in [7, 11) is 0. The zero-order valence-electron chi connectivity index (χ0n) is 17.1. The molecule has 1 atom stereocenters. The Labute approximate surface area is 174 Å². The normalized spacial score (nSPS) is 16.5. The van der Waals surface area contributed by atoms with Crippen molar-refractivity contribution in [3.05, 3.63) is 48.5 Å². The summed E-state index contributed by atoms with van der Waals surface area (Å²) in [6.07, 6.45) is 5.35. The molecule has 0 saturated carbocycles. The van der Waals surface area contributed by atoms with Gasteiger partial charge in [-0.2, -0.15) is 4.98 Å². The lowest BCUT2D eigenvalue weighted by Gasteiger charge is -2.33. The number of piperidine rings is 1. The Morgan fingerprint density at radius 2 is 1.97 bits per heavy atom. The molecule has 0 bridgehead atoms. The number of benzene rings is 1. The molecule has 0 aliphatic carbocycles. The molecule has 4 rings (SSSR count). The van der Waals surface area contributed by atoms with Crippen LogP contribution < -0.4 is 15.5 Å². The van der Waals surface area contributed by atoms with Gasteiger partial charge in [0, 0.05) is 48.7 Å². The Morgan fingerprint density at radius 1 is 1.20 bits per heavy atom. The van der Waals surface area contributed by atoms with Crippen LogP contribution in [0, 0.1) is 0 Å². The maximum absolute atomic E-state index is 12.4. The van der Waals surface area contributed by atoms with Crippen molar-refractivity contribution >= 4 is 17.7 Å². The third-order valence-corrected chi connectivity index (χ3v) is 4.94. The number of hydrogen-bond donors (Lipinski definition) is 2. The SMILES string of the molecule is CC(C)c1noc(-c2ccc(NC(=O)NC3CCCN(c4ncccn4)C3)cc2)n1. The van der Waals surface area contributed by atoms with Crippen molar-refractivity contribution in [2.24, 2.45) is 0 Å². The summed E-state index contributed by atoms with van der Waals surface area (Å²) in [5, 5.41) is 9.90. The lowest BCUT2D eigenvalue weighted by molar-refractivity contribution is 0.246. The van der Waals surface area contributed by atoms with E-state index in [2.05, 4.69) is 35.6 Å². The van der Waals surface area contributed by atoms with Gasteiger partial charge in [-0.05, 0) is 43.2 Å². The van der Waals surface area contributed by atoms with Crippen LogP contribution in [0.5, 0.6) is 0 Å². The molecule has 9 heteroatoms. The number of amides is 2.